The quantitative estimate of drug-likeness (QED) is 0.718. The monoisotopic (exact) mass is 243 g/mol. The molecule has 2 rings (SSSR count). The summed E-state index contributed by atoms with van der Waals surface area (Å²) >= 11 is 13.0. The standard InChI is InChI=1S/C10H7Cl2NS/c11-9(12)8-6-14-10(13-8)7-4-2-1-3-5-7/h1-6,9H. The van der Waals surface area contributed by atoms with Gasteiger partial charge in [0.25, 0.3) is 0 Å². The Morgan fingerprint density at radius 3 is 2.43 bits per heavy atom. The van der Waals surface area contributed by atoms with Crippen molar-refractivity contribution in [3.05, 3.63) is 41.4 Å². The van der Waals surface area contributed by atoms with Crippen molar-refractivity contribution in [2.45, 2.75) is 4.84 Å². The molecule has 14 heavy (non-hydrogen) atoms. The van der Waals surface area contributed by atoms with Gasteiger partial charge in [0.2, 0.25) is 0 Å². The van der Waals surface area contributed by atoms with Gasteiger partial charge in [0, 0.05) is 10.9 Å². The van der Waals surface area contributed by atoms with Crippen LogP contribution in [0.1, 0.15) is 10.5 Å². The van der Waals surface area contributed by atoms with Crippen LogP contribution in [-0.2, 0) is 0 Å². The lowest BCUT2D eigenvalue weighted by molar-refractivity contribution is 1.20. The number of halogens is 2. The average Bonchev–Trinajstić information content (AvgIpc) is 2.68. The molecule has 0 aliphatic heterocycles. The lowest BCUT2D eigenvalue weighted by Gasteiger charge is -1.94. The van der Waals surface area contributed by atoms with Gasteiger partial charge >= 0.3 is 0 Å². The fourth-order valence-electron chi connectivity index (χ4n) is 1.10. The van der Waals surface area contributed by atoms with E-state index in [1.807, 2.05) is 35.7 Å². The van der Waals surface area contributed by atoms with E-state index < -0.39 is 4.84 Å². The van der Waals surface area contributed by atoms with Crippen molar-refractivity contribution in [2.75, 3.05) is 0 Å². The summed E-state index contributed by atoms with van der Waals surface area (Å²) in [5.74, 6) is 0. The molecule has 1 aromatic carbocycles. The SMILES string of the molecule is ClC(Cl)c1csc(-c2ccccc2)n1. The maximum absolute atomic E-state index is 5.71. The summed E-state index contributed by atoms with van der Waals surface area (Å²) in [6.45, 7) is 0. The molecule has 4 heteroatoms. The van der Waals surface area contributed by atoms with Gasteiger partial charge in [-0.25, -0.2) is 4.98 Å². The minimum absolute atomic E-state index is 0.538. The highest BCUT2D eigenvalue weighted by Gasteiger charge is 2.09. The van der Waals surface area contributed by atoms with Gasteiger partial charge in [-0.15, -0.1) is 11.3 Å². The van der Waals surface area contributed by atoms with E-state index in [1.165, 1.54) is 0 Å². The predicted molar refractivity (Wildman–Crippen MR) is 62.0 cm³/mol. The van der Waals surface area contributed by atoms with Crippen LogP contribution in [0.3, 0.4) is 0 Å². The smallest absolute Gasteiger partial charge is 0.150 e. The number of rotatable bonds is 2. The number of aromatic nitrogens is 1. The van der Waals surface area contributed by atoms with E-state index >= 15 is 0 Å². The molecule has 0 aliphatic rings. The molecule has 0 atom stereocenters. The Labute approximate surface area is 96.3 Å². The van der Waals surface area contributed by atoms with Crippen LogP contribution in [0.15, 0.2) is 35.7 Å². The van der Waals surface area contributed by atoms with Crippen molar-refractivity contribution in [3.8, 4) is 10.6 Å². The molecular weight excluding hydrogens is 237 g/mol. The lowest BCUT2D eigenvalue weighted by atomic mass is 10.2. The van der Waals surface area contributed by atoms with Crippen LogP contribution in [0, 0.1) is 0 Å². The topological polar surface area (TPSA) is 12.9 Å². The van der Waals surface area contributed by atoms with Crippen LogP contribution in [0.4, 0.5) is 0 Å². The molecule has 0 aliphatic carbocycles. The minimum atomic E-state index is -0.538. The fraction of sp³-hybridized carbons (Fsp3) is 0.100. The second-order valence-electron chi connectivity index (χ2n) is 2.74. The zero-order chi connectivity index (χ0) is 9.97. The molecule has 72 valence electrons. The molecule has 0 spiro atoms. The van der Waals surface area contributed by atoms with Gasteiger partial charge in [0.1, 0.15) is 9.84 Å². The summed E-state index contributed by atoms with van der Waals surface area (Å²) in [7, 11) is 0. The molecule has 0 bridgehead atoms. The molecule has 0 unspecified atom stereocenters. The third-order valence-corrected chi connectivity index (χ3v) is 3.12. The largest absolute Gasteiger partial charge is 0.238 e. The third-order valence-electron chi connectivity index (χ3n) is 1.77. The maximum Gasteiger partial charge on any atom is 0.150 e. The lowest BCUT2D eigenvalue weighted by Crippen LogP contribution is -1.81. The Balaban J connectivity index is 2.34. The highest BCUT2D eigenvalue weighted by molar-refractivity contribution is 7.13. The van der Waals surface area contributed by atoms with E-state index in [-0.39, 0.29) is 0 Å². The molecule has 0 radical (unpaired) electrons. The average molecular weight is 244 g/mol. The van der Waals surface area contributed by atoms with Crippen LogP contribution >= 0.6 is 34.5 Å². The Hall–Kier alpha value is -0.570. The highest BCUT2D eigenvalue weighted by Crippen LogP contribution is 2.30. The van der Waals surface area contributed by atoms with Gasteiger partial charge in [-0.05, 0) is 0 Å². The van der Waals surface area contributed by atoms with Crippen molar-refractivity contribution >= 4 is 34.5 Å². The first-order chi connectivity index (χ1) is 6.77. The number of hydrogen-bond acceptors (Lipinski definition) is 2. The molecule has 1 heterocycles. The summed E-state index contributed by atoms with van der Waals surface area (Å²) in [6.07, 6.45) is 0. The van der Waals surface area contributed by atoms with Crippen LogP contribution < -0.4 is 0 Å². The minimum Gasteiger partial charge on any atom is -0.238 e. The molecule has 0 fully saturated rings. The molecule has 1 nitrogen and oxygen atoms in total. The van der Waals surface area contributed by atoms with E-state index in [2.05, 4.69) is 4.98 Å². The normalized spacial score (nSPS) is 10.8. The zero-order valence-corrected chi connectivity index (χ0v) is 9.48. The number of thiazole rings is 1. The first kappa shape index (κ1) is 9.97. The first-order valence-corrected chi connectivity index (χ1v) is 5.81. The molecule has 1 aromatic heterocycles. The van der Waals surface area contributed by atoms with Crippen molar-refractivity contribution < 1.29 is 0 Å². The van der Waals surface area contributed by atoms with E-state index in [0.29, 0.717) is 0 Å². The van der Waals surface area contributed by atoms with Crippen molar-refractivity contribution in [1.29, 1.82) is 0 Å². The Morgan fingerprint density at radius 2 is 1.86 bits per heavy atom. The van der Waals surface area contributed by atoms with Crippen molar-refractivity contribution in [2.24, 2.45) is 0 Å². The van der Waals surface area contributed by atoms with Crippen LogP contribution in [-0.4, -0.2) is 4.98 Å². The Kier molecular flexibility index (Phi) is 3.06. The second-order valence-corrected chi connectivity index (χ2v) is 4.70. The summed E-state index contributed by atoms with van der Waals surface area (Å²) < 4.78 is 0. The number of hydrogen-bond donors (Lipinski definition) is 0. The molecule has 0 amide bonds. The number of alkyl halides is 2. The van der Waals surface area contributed by atoms with Gasteiger partial charge in [-0.2, -0.15) is 0 Å². The van der Waals surface area contributed by atoms with Crippen molar-refractivity contribution in [1.82, 2.24) is 4.98 Å². The van der Waals surface area contributed by atoms with Crippen LogP contribution in [0.25, 0.3) is 10.6 Å². The fourth-order valence-corrected chi connectivity index (χ4v) is 2.32. The third kappa shape index (κ3) is 2.08. The zero-order valence-electron chi connectivity index (χ0n) is 7.15. The van der Waals surface area contributed by atoms with Gasteiger partial charge in [-0.1, -0.05) is 53.5 Å². The summed E-state index contributed by atoms with van der Waals surface area (Å²) in [5, 5.41) is 2.83. The van der Waals surface area contributed by atoms with Crippen molar-refractivity contribution in [3.63, 3.8) is 0 Å². The van der Waals surface area contributed by atoms with Crippen LogP contribution in [0.2, 0.25) is 0 Å². The maximum atomic E-state index is 5.71. The van der Waals surface area contributed by atoms with E-state index in [9.17, 15) is 0 Å². The summed E-state index contributed by atoms with van der Waals surface area (Å²) in [5.41, 5.74) is 1.81. The summed E-state index contributed by atoms with van der Waals surface area (Å²) in [4.78, 5) is 3.80. The van der Waals surface area contributed by atoms with Gasteiger partial charge < -0.3 is 0 Å². The highest BCUT2D eigenvalue weighted by atomic mass is 35.5. The van der Waals surface area contributed by atoms with E-state index in [0.717, 1.165) is 16.3 Å². The predicted octanol–water partition coefficient (Wildman–Crippen LogP) is 4.29. The molecule has 2 aromatic rings. The molecule has 0 saturated heterocycles. The van der Waals surface area contributed by atoms with E-state index in [4.69, 9.17) is 23.2 Å². The van der Waals surface area contributed by atoms with E-state index in [1.54, 1.807) is 11.3 Å². The summed E-state index contributed by atoms with van der Waals surface area (Å²) in [6, 6.07) is 9.97. The van der Waals surface area contributed by atoms with Gasteiger partial charge in [0.05, 0.1) is 5.69 Å². The number of benzene rings is 1. The first-order valence-electron chi connectivity index (χ1n) is 4.06. The van der Waals surface area contributed by atoms with Gasteiger partial charge in [-0.3, -0.25) is 0 Å². The molecular formula is C10H7Cl2NS. The Morgan fingerprint density at radius 1 is 1.14 bits per heavy atom. The number of nitrogens with zero attached hydrogens (tertiary/aromatic N) is 1. The molecule has 0 N–H and O–H groups in total. The molecule has 0 saturated carbocycles. The second kappa shape index (κ2) is 4.30. The van der Waals surface area contributed by atoms with Gasteiger partial charge in [0.15, 0.2) is 0 Å². The van der Waals surface area contributed by atoms with Crippen LogP contribution in [0.5, 0.6) is 0 Å². The Bertz CT molecular complexity index is 411.